The van der Waals surface area contributed by atoms with Gasteiger partial charge in [-0.3, -0.25) is 0 Å². The first-order chi connectivity index (χ1) is 18.8. The molecule has 8 heteroatoms. The van der Waals surface area contributed by atoms with Gasteiger partial charge in [-0.25, -0.2) is 4.79 Å². The Morgan fingerprint density at radius 2 is 1.54 bits per heavy atom. The van der Waals surface area contributed by atoms with Crippen molar-refractivity contribution in [2.75, 3.05) is 6.61 Å². The monoisotopic (exact) mass is 606 g/mol. The SMILES string of the molecule is C[C@H](CC/C=C/C(=O)OCCc1ccccc1)O[C@@H]1O[C@@H](C)[C@H](O[Si](C)(C)C(C)(C)C)C[C@H]1O[Si](C)(C)C(C)(C)C. The lowest BCUT2D eigenvalue weighted by Crippen LogP contribution is -2.57. The Morgan fingerprint density at radius 1 is 0.976 bits per heavy atom. The molecule has 2 rings (SSSR count). The van der Waals surface area contributed by atoms with Gasteiger partial charge in [-0.2, -0.15) is 0 Å². The molecule has 1 saturated heterocycles. The second-order valence-corrected chi connectivity index (χ2v) is 24.1. The Morgan fingerprint density at radius 3 is 2.10 bits per heavy atom. The largest absolute Gasteiger partial charge is 0.462 e. The zero-order valence-electron chi connectivity index (χ0n) is 27.9. The summed E-state index contributed by atoms with van der Waals surface area (Å²) in [6.45, 7) is 27.2. The van der Waals surface area contributed by atoms with E-state index < -0.39 is 22.9 Å². The number of ether oxygens (including phenoxy) is 3. The molecule has 6 nitrogen and oxygen atoms in total. The van der Waals surface area contributed by atoms with Crippen molar-refractivity contribution in [1.82, 2.24) is 0 Å². The highest BCUT2D eigenvalue weighted by molar-refractivity contribution is 6.74. The number of hydrogen-bond acceptors (Lipinski definition) is 6. The lowest BCUT2D eigenvalue weighted by Gasteiger charge is -2.48. The molecular weight excluding hydrogens is 549 g/mol. The van der Waals surface area contributed by atoms with Crippen molar-refractivity contribution >= 4 is 22.6 Å². The minimum atomic E-state index is -2.08. The molecule has 5 atom stereocenters. The summed E-state index contributed by atoms with van der Waals surface area (Å²) >= 11 is 0. The average Bonchev–Trinajstić information content (AvgIpc) is 2.83. The summed E-state index contributed by atoms with van der Waals surface area (Å²) in [5.74, 6) is -0.311. The summed E-state index contributed by atoms with van der Waals surface area (Å²) in [5, 5.41) is 0.189. The molecule has 0 radical (unpaired) electrons. The third kappa shape index (κ3) is 11.4. The van der Waals surface area contributed by atoms with E-state index in [1.165, 1.54) is 6.08 Å². The number of esters is 1. The molecule has 1 aromatic carbocycles. The first-order valence-electron chi connectivity index (χ1n) is 15.4. The van der Waals surface area contributed by atoms with Crippen LogP contribution in [0.15, 0.2) is 42.5 Å². The van der Waals surface area contributed by atoms with E-state index in [0.717, 1.165) is 18.4 Å². The fourth-order valence-corrected chi connectivity index (χ4v) is 6.88. The number of rotatable bonds is 13. The zero-order chi connectivity index (χ0) is 31.1. The lowest BCUT2D eigenvalue weighted by molar-refractivity contribution is -0.268. The van der Waals surface area contributed by atoms with Gasteiger partial charge in [0.15, 0.2) is 22.9 Å². The molecule has 0 aliphatic carbocycles. The van der Waals surface area contributed by atoms with E-state index in [1.54, 1.807) is 0 Å². The van der Waals surface area contributed by atoms with Crippen molar-refractivity contribution in [2.45, 2.75) is 148 Å². The first kappa shape index (κ1) is 35.9. The molecule has 0 bridgehead atoms. The van der Waals surface area contributed by atoms with Gasteiger partial charge in [-0.05, 0) is 68.5 Å². The molecule has 1 aliphatic rings. The van der Waals surface area contributed by atoms with Crippen molar-refractivity contribution < 1.29 is 27.9 Å². The highest BCUT2D eigenvalue weighted by Crippen LogP contribution is 2.42. The first-order valence-corrected chi connectivity index (χ1v) is 21.2. The van der Waals surface area contributed by atoms with Crippen molar-refractivity contribution in [3.63, 3.8) is 0 Å². The van der Waals surface area contributed by atoms with Crippen LogP contribution in [0.5, 0.6) is 0 Å². The molecule has 0 spiro atoms. The summed E-state index contributed by atoms with van der Waals surface area (Å²) in [7, 11) is -4.06. The van der Waals surface area contributed by atoms with Gasteiger partial charge in [-0.1, -0.05) is 78.0 Å². The molecule has 0 aromatic heterocycles. The number of allylic oxidation sites excluding steroid dienone is 1. The molecule has 0 amide bonds. The van der Waals surface area contributed by atoms with Crippen molar-refractivity contribution in [1.29, 1.82) is 0 Å². The van der Waals surface area contributed by atoms with Gasteiger partial charge in [0.05, 0.1) is 31.0 Å². The van der Waals surface area contributed by atoms with Crippen LogP contribution in [0.3, 0.4) is 0 Å². The molecule has 1 heterocycles. The van der Waals surface area contributed by atoms with E-state index in [1.807, 2.05) is 36.4 Å². The smallest absolute Gasteiger partial charge is 0.330 e. The van der Waals surface area contributed by atoms with Gasteiger partial charge in [0, 0.05) is 18.9 Å². The second-order valence-electron chi connectivity index (χ2n) is 14.6. The second kappa shape index (κ2) is 14.9. The topological polar surface area (TPSA) is 63.2 Å². The molecule has 1 aliphatic heterocycles. The normalized spacial score (nSPS) is 23.5. The highest BCUT2D eigenvalue weighted by atomic mass is 28.4. The zero-order valence-corrected chi connectivity index (χ0v) is 29.9. The number of carbonyl (C=O) groups excluding carboxylic acids is 1. The number of hydrogen-bond donors (Lipinski definition) is 0. The van der Waals surface area contributed by atoms with Crippen LogP contribution in [0.1, 0.15) is 80.2 Å². The summed E-state index contributed by atoms with van der Waals surface area (Å²) in [4.78, 5) is 12.1. The molecule has 41 heavy (non-hydrogen) atoms. The van der Waals surface area contributed by atoms with Crippen LogP contribution in [0.4, 0.5) is 0 Å². The molecule has 234 valence electrons. The minimum Gasteiger partial charge on any atom is -0.462 e. The van der Waals surface area contributed by atoms with E-state index in [-0.39, 0.29) is 40.5 Å². The van der Waals surface area contributed by atoms with Gasteiger partial charge < -0.3 is 23.1 Å². The maximum absolute atomic E-state index is 12.1. The Kier molecular flexibility index (Phi) is 13.1. The van der Waals surface area contributed by atoms with E-state index >= 15 is 0 Å². The van der Waals surface area contributed by atoms with Crippen LogP contribution >= 0.6 is 0 Å². The van der Waals surface area contributed by atoms with Crippen molar-refractivity contribution in [2.24, 2.45) is 0 Å². The van der Waals surface area contributed by atoms with Crippen molar-refractivity contribution in [3.8, 4) is 0 Å². The predicted octanol–water partition coefficient (Wildman–Crippen LogP) is 8.43. The molecule has 0 saturated carbocycles. The van der Waals surface area contributed by atoms with Crippen LogP contribution in [0, 0.1) is 0 Å². The molecule has 0 N–H and O–H groups in total. The maximum Gasteiger partial charge on any atom is 0.330 e. The molecule has 1 fully saturated rings. The predicted molar refractivity (Wildman–Crippen MR) is 173 cm³/mol. The summed E-state index contributed by atoms with van der Waals surface area (Å²) in [6, 6.07) is 10.0. The third-order valence-corrected chi connectivity index (χ3v) is 18.0. The highest BCUT2D eigenvalue weighted by Gasteiger charge is 2.48. The van der Waals surface area contributed by atoms with Gasteiger partial charge >= 0.3 is 5.97 Å². The van der Waals surface area contributed by atoms with E-state index in [0.29, 0.717) is 19.4 Å². The lowest BCUT2D eigenvalue weighted by atomic mass is 10.0. The van der Waals surface area contributed by atoms with E-state index in [4.69, 9.17) is 23.1 Å². The van der Waals surface area contributed by atoms with Gasteiger partial charge in [-0.15, -0.1) is 0 Å². The van der Waals surface area contributed by atoms with E-state index in [9.17, 15) is 4.79 Å². The van der Waals surface area contributed by atoms with Crippen molar-refractivity contribution in [3.05, 3.63) is 48.0 Å². The quantitative estimate of drug-likeness (QED) is 0.128. The summed E-state index contributed by atoms with van der Waals surface area (Å²) in [5.41, 5.74) is 1.16. The van der Waals surface area contributed by atoms with Crippen LogP contribution < -0.4 is 0 Å². The Bertz CT molecular complexity index is 964. The van der Waals surface area contributed by atoms with Crippen LogP contribution in [0.25, 0.3) is 0 Å². The Hall–Kier alpha value is -1.30. The van der Waals surface area contributed by atoms with Crippen LogP contribution in [-0.4, -0.2) is 59.9 Å². The number of benzene rings is 1. The third-order valence-electron chi connectivity index (χ3n) is 8.98. The fourth-order valence-electron chi connectivity index (χ4n) is 4.17. The Labute approximate surface area is 252 Å². The summed E-state index contributed by atoms with van der Waals surface area (Å²) in [6.07, 6.45) is 5.49. The molecule has 0 unspecified atom stereocenters. The Balaban J connectivity index is 1.96. The number of carbonyl (C=O) groups is 1. The maximum atomic E-state index is 12.1. The molecule has 1 aromatic rings. The van der Waals surface area contributed by atoms with Gasteiger partial charge in [0.1, 0.15) is 0 Å². The van der Waals surface area contributed by atoms with Crippen LogP contribution in [0.2, 0.25) is 36.3 Å². The van der Waals surface area contributed by atoms with Gasteiger partial charge in [0.25, 0.3) is 0 Å². The van der Waals surface area contributed by atoms with Gasteiger partial charge in [0.2, 0.25) is 0 Å². The van der Waals surface area contributed by atoms with Crippen LogP contribution in [-0.2, 0) is 34.3 Å². The average molecular weight is 607 g/mol. The standard InChI is InChI=1S/C33H58O6Si2/c1-25(18-16-17-21-30(34)35-23-22-27-19-14-13-15-20-27)36-31-29(39-41(11,12)33(6,7)8)24-28(26(2)37-31)38-40(9,10)32(3,4)5/h13-15,17,19-21,25-26,28-29,31H,16,18,22-24H2,1-12H3/b21-17+/t25-,26+,28-,29-,31-/m1/s1. The van der Waals surface area contributed by atoms with E-state index in [2.05, 4.69) is 81.6 Å². The summed E-state index contributed by atoms with van der Waals surface area (Å²) < 4.78 is 32.1. The fraction of sp³-hybridized carbons (Fsp3) is 0.727. The molecular formula is C33H58O6Si2. The minimum absolute atomic E-state index is 0.0309.